The number of ether oxygens (including phenoxy) is 2. The average molecular weight is 263 g/mol. The molecule has 0 heterocycles. The Morgan fingerprint density at radius 1 is 1.37 bits per heavy atom. The van der Waals surface area contributed by atoms with Gasteiger partial charge in [0, 0.05) is 23.9 Å². The summed E-state index contributed by atoms with van der Waals surface area (Å²) in [5.74, 6) is 1.20. The van der Waals surface area contributed by atoms with Crippen molar-refractivity contribution >= 4 is 11.5 Å². The van der Waals surface area contributed by atoms with E-state index in [1.165, 1.54) is 6.92 Å². The second kappa shape index (κ2) is 7.46. The lowest BCUT2D eigenvalue weighted by molar-refractivity contribution is 0.101. The van der Waals surface area contributed by atoms with Gasteiger partial charge in [0.1, 0.15) is 0 Å². The summed E-state index contributed by atoms with van der Waals surface area (Å²) in [7, 11) is 1.56. The van der Waals surface area contributed by atoms with Crippen LogP contribution in [0.1, 0.15) is 31.1 Å². The molecule has 0 saturated heterocycles. The first-order chi connectivity index (χ1) is 9.13. The highest BCUT2D eigenvalue weighted by Crippen LogP contribution is 2.33. The van der Waals surface area contributed by atoms with Gasteiger partial charge in [-0.25, -0.2) is 0 Å². The van der Waals surface area contributed by atoms with E-state index in [0.717, 1.165) is 5.69 Å². The second-order valence-electron chi connectivity index (χ2n) is 3.99. The Hall–Kier alpha value is -1.97. The third-order valence-corrected chi connectivity index (χ3v) is 2.63. The molecule has 4 heteroatoms. The van der Waals surface area contributed by atoms with Crippen LogP contribution in [-0.2, 0) is 0 Å². The first-order valence-corrected chi connectivity index (χ1v) is 6.34. The van der Waals surface area contributed by atoms with Crippen molar-refractivity contribution in [3.05, 3.63) is 29.8 Å². The molecule has 0 aliphatic heterocycles. The predicted molar refractivity (Wildman–Crippen MR) is 77.5 cm³/mol. The van der Waals surface area contributed by atoms with Crippen LogP contribution < -0.4 is 14.8 Å². The van der Waals surface area contributed by atoms with E-state index in [1.807, 2.05) is 32.1 Å². The molecule has 0 spiro atoms. The molecule has 0 aliphatic carbocycles. The molecule has 0 unspecified atom stereocenters. The number of rotatable bonds is 7. The fraction of sp³-hybridized carbons (Fsp3) is 0.400. The van der Waals surface area contributed by atoms with Crippen LogP contribution in [0.4, 0.5) is 5.69 Å². The lowest BCUT2D eigenvalue weighted by atomic mass is 10.1. The number of carbonyl (C=O) groups excluding carboxylic acids is 1. The Morgan fingerprint density at radius 2 is 2.11 bits per heavy atom. The Morgan fingerprint density at radius 3 is 2.63 bits per heavy atom. The second-order valence-corrected chi connectivity index (χ2v) is 3.99. The fourth-order valence-electron chi connectivity index (χ4n) is 1.71. The minimum absolute atomic E-state index is 0.00988. The molecule has 4 nitrogen and oxygen atoms in total. The van der Waals surface area contributed by atoms with E-state index < -0.39 is 0 Å². The van der Waals surface area contributed by atoms with E-state index in [9.17, 15) is 4.79 Å². The molecule has 104 valence electrons. The molecule has 0 aromatic heterocycles. The third kappa shape index (κ3) is 4.02. The largest absolute Gasteiger partial charge is 0.493 e. The number of nitrogens with one attached hydrogen (secondary N) is 1. The van der Waals surface area contributed by atoms with Gasteiger partial charge in [-0.05, 0) is 26.8 Å². The predicted octanol–water partition coefficient (Wildman–Crippen LogP) is 3.28. The van der Waals surface area contributed by atoms with Crippen LogP contribution in [0.3, 0.4) is 0 Å². The molecular weight excluding hydrogens is 242 g/mol. The number of methoxy groups -OCH3 is 1. The zero-order valence-corrected chi connectivity index (χ0v) is 11.9. The Balaban J connectivity index is 3.16. The molecule has 0 saturated carbocycles. The molecule has 0 bridgehead atoms. The minimum atomic E-state index is -0.00988. The van der Waals surface area contributed by atoms with Gasteiger partial charge in [0.05, 0.1) is 13.7 Å². The highest BCUT2D eigenvalue weighted by atomic mass is 16.5. The summed E-state index contributed by atoms with van der Waals surface area (Å²) < 4.78 is 10.8. The molecule has 1 rings (SSSR count). The number of carbonyl (C=O) groups is 1. The maximum atomic E-state index is 11.7. The van der Waals surface area contributed by atoms with E-state index in [0.29, 0.717) is 30.2 Å². The normalized spacial score (nSPS) is 10.5. The zero-order chi connectivity index (χ0) is 14.3. The minimum Gasteiger partial charge on any atom is -0.493 e. The van der Waals surface area contributed by atoms with Gasteiger partial charge < -0.3 is 14.8 Å². The van der Waals surface area contributed by atoms with Crippen LogP contribution in [0.2, 0.25) is 0 Å². The third-order valence-electron chi connectivity index (χ3n) is 2.63. The van der Waals surface area contributed by atoms with Gasteiger partial charge in [-0.1, -0.05) is 12.2 Å². The van der Waals surface area contributed by atoms with Crippen LogP contribution in [0.15, 0.2) is 24.3 Å². The quantitative estimate of drug-likeness (QED) is 0.606. The van der Waals surface area contributed by atoms with Crippen molar-refractivity contribution in [2.45, 2.75) is 20.8 Å². The number of allylic oxidation sites excluding steroid dienone is 1. The molecule has 1 N–H and O–H groups in total. The highest BCUT2D eigenvalue weighted by molar-refractivity contribution is 6.00. The van der Waals surface area contributed by atoms with Gasteiger partial charge in [0.25, 0.3) is 0 Å². The summed E-state index contributed by atoms with van der Waals surface area (Å²) in [6.07, 6.45) is 3.93. The molecule has 1 aromatic carbocycles. The van der Waals surface area contributed by atoms with Crippen molar-refractivity contribution in [3.8, 4) is 11.5 Å². The summed E-state index contributed by atoms with van der Waals surface area (Å²) >= 11 is 0. The molecule has 0 aliphatic rings. The maximum absolute atomic E-state index is 11.7. The van der Waals surface area contributed by atoms with Crippen LogP contribution in [-0.4, -0.2) is 26.0 Å². The van der Waals surface area contributed by atoms with E-state index in [4.69, 9.17) is 9.47 Å². The van der Waals surface area contributed by atoms with Gasteiger partial charge in [0.2, 0.25) is 0 Å². The molecule has 0 atom stereocenters. The van der Waals surface area contributed by atoms with Crippen molar-refractivity contribution in [1.29, 1.82) is 0 Å². The van der Waals surface area contributed by atoms with E-state index in [2.05, 4.69) is 5.32 Å². The van der Waals surface area contributed by atoms with Crippen molar-refractivity contribution in [2.24, 2.45) is 0 Å². The number of anilines is 1. The molecule has 0 amide bonds. The smallest absolute Gasteiger partial charge is 0.163 e. The van der Waals surface area contributed by atoms with Crippen molar-refractivity contribution in [1.82, 2.24) is 0 Å². The van der Waals surface area contributed by atoms with Gasteiger partial charge in [-0.2, -0.15) is 0 Å². The van der Waals surface area contributed by atoms with Gasteiger partial charge in [0.15, 0.2) is 17.3 Å². The highest BCUT2D eigenvalue weighted by Gasteiger charge is 2.14. The number of hydrogen-bond donors (Lipinski definition) is 1. The monoisotopic (exact) mass is 263 g/mol. The van der Waals surface area contributed by atoms with Gasteiger partial charge in [-0.15, -0.1) is 0 Å². The molecule has 0 radical (unpaired) electrons. The SMILES string of the molecule is C/C=C/CNc1cc(OCC)c(OC)cc1C(C)=O. The van der Waals surface area contributed by atoms with Crippen molar-refractivity contribution in [3.63, 3.8) is 0 Å². The first-order valence-electron chi connectivity index (χ1n) is 6.34. The molecule has 1 aromatic rings. The lowest BCUT2D eigenvalue weighted by Gasteiger charge is -2.15. The number of hydrogen-bond acceptors (Lipinski definition) is 4. The van der Waals surface area contributed by atoms with Gasteiger partial charge >= 0.3 is 0 Å². The Kier molecular flexibility index (Phi) is 5.93. The number of Topliss-reactive ketones (excluding diaryl/α,β-unsaturated/α-hetero) is 1. The van der Waals surface area contributed by atoms with Crippen LogP contribution >= 0.6 is 0 Å². The summed E-state index contributed by atoms with van der Waals surface area (Å²) in [4.78, 5) is 11.7. The summed E-state index contributed by atoms with van der Waals surface area (Å²) in [5.41, 5.74) is 1.36. The summed E-state index contributed by atoms with van der Waals surface area (Å²) in [6.45, 7) is 6.60. The summed E-state index contributed by atoms with van der Waals surface area (Å²) in [5, 5.41) is 3.20. The zero-order valence-electron chi connectivity index (χ0n) is 11.9. The molecule has 19 heavy (non-hydrogen) atoms. The van der Waals surface area contributed by atoms with Crippen LogP contribution in [0, 0.1) is 0 Å². The topological polar surface area (TPSA) is 47.6 Å². The van der Waals surface area contributed by atoms with E-state index in [-0.39, 0.29) is 5.78 Å². The number of ketones is 1. The standard InChI is InChI=1S/C15H21NO3/c1-5-7-8-16-13-10-15(19-6-2)14(18-4)9-12(13)11(3)17/h5,7,9-10,16H,6,8H2,1-4H3/b7-5+. The van der Waals surface area contributed by atoms with Crippen LogP contribution in [0.25, 0.3) is 0 Å². The summed E-state index contributed by atoms with van der Waals surface area (Å²) in [6, 6.07) is 3.52. The van der Waals surface area contributed by atoms with Crippen LogP contribution in [0.5, 0.6) is 11.5 Å². The lowest BCUT2D eigenvalue weighted by Crippen LogP contribution is -2.07. The van der Waals surface area contributed by atoms with Crippen molar-refractivity contribution < 1.29 is 14.3 Å². The average Bonchev–Trinajstić information content (AvgIpc) is 2.39. The first kappa shape index (κ1) is 15.1. The van der Waals surface area contributed by atoms with E-state index >= 15 is 0 Å². The number of benzene rings is 1. The van der Waals surface area contributed by atoms with Crippen molar-refractivity contribution in [2.75, 3.05) is 25.6 Å². The Labute approximate surface area is 114 Å². The molecular formula is C15H21NO3. The van der Waals surface area contributed by atoms with Gasteiger partial charge in [-0.3, -0.25) is 4.79 Å². The Bertz CT molecular complexity index is 467. The fourth-order valence-corrected chi connectivity index (χ4v) is 1.71. The maximum Gasteiger partial charge on any atom is 0.163 e. The van der Waals surface area contributed by atoms with E-state index in [1.54, 1.807) is 13.2 Å². The molecule has 0 fully saturated rings.